The molecule has 2 N–H and O–H groups in total. The minimum atomic E-state index is 0.377. The highest BCUT2D eigenvalue weighted by Crippen LogP contribution is 2.45. The molecule has 4 nitrogen and oxygen atoms in total. The van der Waals surface area contributed by atoms with Gasteiger partial charge in [0.2, 0.25) is 5.95 Å². The van der Waals surface area contributed by atoms with Gasteiger partial charge in [0.1, 0.15) is 5.52 Å². The molecule has 1 aliphatic rings. The second-order valence-corrected chi connectivity index (χ2v) is 7.22. The van der Waals surface area contributed by atoms with Gasteiger partial charge in [0.15, 0.2) is 5.65 Å². The summed E-state index contributed by atoms with van der Waals surface area (Å²) in [5, 5.41) is 0. The highest BCUT2D eigenvalue weighted by molar-refractivity contribution is 5.74. The quantitative estimate of drug-likeness (QED) is 0.926. The average Bonchev–Trinajstić information content (AvgIpc) is 2.95. The Morgan fingerprint density at radius 3 is 2.71 bits per heavy atom. The summed E-state index contributed by atoms with van der Waals surface area (Å²) in [6, 6.07) is 2.07. The lowest BCUT2D eigenvalue weighted by Crippen LogP contribution is -2.26. The number of hydrogen-bond donors (Lipinski definition) is 1. The molecule has 0 saturated heterocycles. The summed E-state index contributed by atoms with van der Waals surface area (Å²) in [5.41, 5.74) is 9.55. The van der Waals surface area contributed by atoms with Crippen LogP contribution in [0.2, 0.25) is 0 Å². The second kappa shape index (κ2) is 5.32. The van der Waals surface area contributed by atoms with Crippen LogP contribution >= 0.6 is 0 Å². The van der Waals surface area contributed by atoms with Crippen molar-refractivity contribution in [3.8, 4) is 0 Å². The largest absolute Gasteiger partial charge is 0.369 e. The third kappa shape index (κ3) is 2.76. The lowest BCUT2D eigenvalue weighted by atomic mass is 9.78. The van der Waals surface area contributed by atoms with E-state index in [-0.39, 0.29) is 0 Å². The van der Waals surface area contributed by atoms with Crippen molar-refractivity contribution in [1.82, 2.24) is 14.5 Å². The summed E-state index contributed by atoms with van der Waals surface area (Å²) in [7, 11) is 0. The monoisotopic (exact) mass is 286 g/mol. The maximum atomic E-state index is 6.18. The van der Waals surface area contributed by atoms with Crippen molar-refractivity contribution in [2.75, 3.05) is 5.73 Å². The topological polar surface area (TPSA) is 56.7 Å². The van der Waals surface area contributed by atoms with Gasteiger partial charge in [-0.3, -0.25) is 4.57 Å². The minimum absolute atomic E-state index is 0.377. The minimum Gasteiger partial charge on any atom is -0.369 e. The standard InChI is InChI=1S/C17H26N4/c1-12(2)9-17(6-4-5-7-17)11-21-15-14(20-16(21)18)8-13(3)10-19-15/h8,10,12H,4-7,9,11H2,1-3H3,(H2,18,20). The Morgan fingerprint density at radius 2 is 2.05 bits per heavy atom. The van der Waals surface area contributed by atoms with Gasteiger partial charge < -0.3 is 5.73 Å². The number of pyridine rings is 1. The Bertz CT molecular complexity index is 636. The van der Waals surface area contributed by atoms with Crippen LogP contribution in [-0.2, 0) is 6.54 Å². The molecule has 1 fully saturated rings. The number of imidazole rings is 1. The molecular weight excluding hydrogens is 260 g/mol. The molecule has 2 aromatic rings. The molecule has 0 spiro atoms. The van der Waals surface area contributed by atoms with E-state index in [4.69, 9.17) is 5.73 Å². The van der Waals surface area contributed by atoms with E-state index in [9.17, 15) is 0 Å². The van der Waals surface area contributed by atoms with Crippen LogP contribution in [0.4, 0.5) is 5.95 Å². The molecule has 0 amide bonds. The lowest BCUT2D eigenvalue weighted by molar-refractivity contribution is 0.200. The van der Waals surface area contributed by atoms with Crippen LogP contribution in [0.1, 0.15) is 51.5 Å². The van der Waals surface area contributed by atoms with Gasteiger partial charge in [0, 0.05) is 12.7 Å². The van der Waals surface area contributed by atoms with Crippen LogP contribution in [0.5, 0.6) is 0 Å². The lowest BCUT2D eigenvalue weighted by Gasteiger charge is -2.31. The number of nitrogen functional groups attached to an aromatic ring is 1. The first-order chi connectivity index (χ1) is 9.99. The third-order valence-corrected chi connectivity index (χ3v) is 4.75. The first kappa shape index (κ1) is 14.4. The molecule has 114 valence electrons. The zero-order valence-corrected chi connectivity index (χ0v) is 13.4. The average molecular weight is 286 g/mol. The second-order valence-electron chi connectivity index (χ2n) is 7.22. The van der Waals surface area contributed by atoms with E-state index in [1.165, 1.54) is 32.1 Å². The van der Waals surface area contributed by atoms with Crippen molar-refractivity contribution in [1.29, 1.82) is 0 Å². The maximum Gasteiger partial charge on any atom is 0.202 e. The molecule has 0 bridgehead atoms. The Hall–Kier alpha value is -1.58. The van der Waals surface area contributed by atoms with E-state index < -0.39 is 0 Å². The van der Waals surface area contributed by atoms with Crippen molar-refractivity contribution in [2.45, 2.75) is 59.4 Å². The predicted octanol–water partition coefficient (Wildman–Crippen LogP) is 3.93. The van der Waals surface area contributed by atoms with E-state index in [0.29, 0.717) is 17.3 Å². The summed E-state index contributed by atoms with van der Waals surface area (Å²) in [6.45, 7) is 7.64. The van der Waals surface area contributed by atoms with Gasteiger partial charge in [0.25, 0.3) is 0 Å². The van der Waals surface area contributed by atoms with Gasteiger partial charge in [-0.2, -0.15) is 0 Å². The van der Waals surface area contributed by atoms with Gasteiger partial charge in [-0.15, -0.1) is 0 Å². The summed E-state index contributed by atoms with van der Waals surface area (Å²) in [5.74, 6) is 1.33. The first-order valence-electron chi connectivity index (χ1n) is 8.07. The number of fused-ring (bicyclic) bond motifs is 1. The molecule has 21 heavy (non-hydrogen) atoms. The van der Waals surface area contributed by atoms with Gasteiger partial charge in [0.05, 0.1) is 0 Å². The molecular formula is C17H26N4. The predicted molar refractivity (Wildman–Crippen MR) is 87.0 cm³/mol. The summed E-state index contributed by atoms with van der Waals surface area (Å²) < 4.78 is 2.14. The van der Waals surface area contributed by atoms with Crippen molar-refractivity contribution in [3.63, 3.8) is 0 Å². The number of hydrogen-bond acceptors (Lipinski definition) is 3. The molecule has 0 atom stereocenters. The van der Waals surface area contributed by atoms with Crippen molar-refractivity contribution >= 4 is 17.1 Å². The van der Waals surface area contributed by atoms with E-state index in [1.54, 1.807) is 0 Å². The number of nitrogens with two attached hydrogens (primary N) is 1. The normalized spacial score (nSPS) is 17.9. The van der Waals surface area contributed by atoms with Crippen LogP contribution in [0.3, 0.4) is 0 Å². The Kier molecular flexibility index (Phi) is 3.64. The molecule has 3 rings (SSSR count). The zero-order chi connectivity index (χ0) is 15.0. The Balaban J connectivity index is 1.98. The molecule has 4 heteroatoms. The number of anilines is 1. The van der Waals surface area contributed by atoms with E-state index in [2.05, 4.69) is 34.4 Å². The van der Waals surface area contributed by atoms with Gasteiger partial charge in [-0.05, 0) is 49.1 Å². The number of nitrogens with zero attached hydrogens (tertiary/aromatic N) is 3. The van der Waals surface area contributed by atoms with Crippen LogP contribution in [0.15, 0.2) is 12.3 Å². The van der Waals surface area contributed by atoms with Crippen LogP contribution in [0.25, 0.3) is 11.2 Å². The van der Waals surface area contributed by atoms with E-state index in [0.717, 1.165) is 23.3 Å². The van der Waals surface area contributed by atoms with Crippen LogP contribution in [0, 0.1) is 18.3 Å². The molecule has 2 heterocycles. The zero-order valence-electron chi connectivity index (χ0n) is 13.4. The SMILES string of the molecule is Cc1cnc2c(c1)nc(N)n2CC1(CC(C)C)CCCC1. The smallest absolute Gasteiger partial charge is 0.202 e. The number of aryl methyl sites for hydroxylation is 1. The van der Waals surface area contributed by atoms with Crippen LogP contribution in [-0.4, -0.2) is 14.5 Å². The number of rotatable bonds is 4. The fourth-order valence-electron chi connectivity index (χ4n) is 4.04. The Morgan fingerprint density at radius 1 is 1.33 bits per heavy atom. The van der Waals surface area contributed by atoms with Crippen molar-refractivity contribution < 1.29 is 0 Å². The Labute approximate surface area is 126 Å². The number of aromatic nitrogens is 3. The summed E-state index contributed by atoms with van der Waals surface area (Å²) in [4.78, 5) is 9.08. The molecule has 0 aliphatic heterocycles. The summed E-state index contributed by atoms with van der Waals surface area (Å²) in [6.07, 6.45) is 8.45. The molecule has 0 aromatic carbocycles. The maximum absolute atomic E-state index is 6.18. The molecule has 1 saturated carbocycles. The first-order valence-corrected chi connectivity index (χ1v) is 8.07. The van der Waals surface area contributed by atoms with Gasteiger partial charge in [-0.1, -0.05) is 26.7 Å². The van der Waals surface area contributed by atoms with Crippen molar-refractivity contribution in [2.24, 2.45) is 11.3 Å². The fraction of sp³-hybridized carbons (Fsp3) is 0.647. The molecule has 0 unspecified atom stereocenters. The summed E-state index contributed by atoms with van der Waals surface area (Å²) >= 11 is 0. The third-order valence-electron chi connectivity index (χ3n) is 4.75. The fourth-order valence-corrected chi connectivity index (χ4v) is 4.04. The highest BCUT2D eigenvalue weighted by atomic mass is 15.2. The molecule has 0 radical (unpaired) electrons. The van der Waals surface area contributed by atoms with Gasteiger partial charge >= 0.3 is 0 Å². The van der Waals surface area contributed by atoms with Gasteiger partial charge in [-0.25, -0.2) is 9.97 Å². The van der Waals surface area contributed by atoms with E-state index >= 15 is 0 Å². The van der Waals surface area contributed by atoms with Crippen molar-refractivity contribution in [3.05, 3.63) is 17.8 Å². The van der Waals surface area contributed by atoms with Crippen LogP contribution < -0.4 is 5.73 Å². The molecule has 2 aromatic heterocycles. The molecule has 1 aliphatic carbocycles. The van der Waals surface area contributed by atoms with E-state index in [1.807, 2.05) is 13.1 Å². The highest BCUT2D eigenvalue weighted by Gasteiger charge is 2.35.